The minimum absolute atomic E-state index is 0.0200. The van der Waals surface area contributed by atoms with Gasteiger partial charge < -0.3 is 33.2 Å². The molecule has 5 unspecified atom stereocenters. The van der Waals surface area contributed by atoms with Crippen molar-refractivity contribution >= 4 is 11.8 Å². The highest BCUT2D eigenvalue weighted by molar-refractivity contribution is 5.70. The number of carbonyl (C=O) groups is 1. The lowest BCUT2D eigenvalue weighted by Crippen LogP contribution is -2.51. The number of hydrogen-bond donors (Lipinski definition) is 0. The lowest BCUT2D eigenvalue weighted by Gasteiger charge is -2.34. The van der Waals surface area contributed by atoms with Gasteiger partial charge in [-0.05, 0) is 85.7 Å². The first-order valence-corrected chi connectivity index (χ1v) is 18.0. The van der Waals surface area contributed by atoms with E-state index in [1.807, 2.05) is 50.2 Å². The Bertz CT molecular complexity index is 1720. The quantitative estimate of drug-likeness (QED) is 0.146. The second-order valence-corrected chi connectivity index (χ2v) is 14.8. The number of non-ortho nitro benzene ring substituents is 1. The number of benzene rings is 3. The molecule has 1 amide bonds. The standard InChI is InChI=1S/C39H47N3O10/c1-25(2)19-40(20-28-9-14-33-34(18-28)50-24-49-33)21-35-32(41(39(3,4)52-35)38(43)51-36-23-48-37-31(36)15-16-46-37)17-26-7-12-30(13-8-26)47-22-27-5-10-29(11-6-27)42(44)45/h5-14,18,25,31-32,35-37H,15-17,19-24H2,1-4H3. The summed E-state index contributed by atoms with van der Waals surface area (Å²) >= 11 is 0. The third-order valence-corrected chi connectivity index (χ3v) is 10.0. The maximum absolute atomic E-state index is 14.2. The zero-order chi connectivity index (χ0) is 36.4. The summed E-state index contributed by atoms with van der Waals surface area (Å²) in [6, 6.07) is 19.8. The van der Waals surface area contributed by atoms with Crippen LogP contribution in [0.3, 0.4) is 0 Å². The Hall–Kier alpha value is -4.43. The number of hydrogen-bond acceptors (Lipinski definition) is 11. The van der Waals surface area contributed by atoms with E-state index in [1.165, 1.54) is 12.1 Å². The molecule has 4 aliphatic heterocycles. The van der Waals surface area contributed by atoms with Crippen molar-refractivity contribution in [2.24, 2.45) is 11.8 Å². The molecule has 278 valence electrons. The number of ether oxygens (including phenoxy) is 7. The average Bonchev–Trinajstić information content (AvgIpc) is 3.89. The van der Waals surface area contributed by atoms with Crippen molar-refractivity contribution in [2.75, 3.05) is 33.1 Å². The SMILES string of the molecule is CC(C)CN(Cc1ccc2c(c1)OCO2)CC1OC(C)(C)N(C(=O)OC2COC3OCCC23)C1Cc1ccc(OCc2ccc([N+](=O)[O-])cc2)cc1. The normalized spacial score (nSPS) is 24.4. The van der Waals surface area contributed by atoms with Crippen molar-refractivity contribution in [3.8, 4) is 17.2 Å². The van der Waals surface area contributed by atoms with E-state index in [0.29, 0.717) is 44.4 Å². The average molecular weight is 718 g/mol. The fourth-order valence-corrected chi connectivity index (χ4v) is 7.66. The Balaban J connectivity index is 1.09. The van der Waals surface area contributed by atoms with Gasteiger partial charge in [0.1, 0.15) is 24.2 Å². The molecule has 5 atom stereocenters. The highest BCUT2D eigenvalue weighted by Crippen LogP contribution is 2.39. The number of fused-ring (bicyclic) bond motifs is 2. The molecule has 7 rings (SSSR count). The van der Waals surface area contributed by atoms with E-state index in [0.717, 1.165) is 41.2 Å². The molecule has 0 aromatic heterocycles. The van der Waals surface area contributed by atoms with Crippen molar-refractivity contribution in [3.63, 3.8) is 0 Å². The van der Waals surface area contributed by atoms with E-state index >= 15 is 0 Å². The lowest BCUT2D eigenvalue weighted by atomic mass is 9.99. The van der Waals surface area contributed by atoms with Crippen molar-refractivity contribution in [1.29, 1.82) is 0 Å². The first-order chi connectivity index (χ1) is 25.0. The van der Waals surface area contributed by atoms with Gasteiger partial charge in [0.25, 0.3) is 5.69 Å². The van der Waals surface area contributed by atoms with Crippen LogP contribution in [0.1, 0.15) is 50.8 Å². The number of carbonyl (C=O) groups excluding carboxylic acids is 1. The van der Waals surface area contributed by atoms with Crippen LogP contribution in [0.4, 0.5) is 10.5 Å². The van der Waals surface area contributed by atoms with Crippen molar-refractivity contribution in [2.45, 2.75) is 84.0 Å². The van der Waals surface area contributed by atoms with Crippen LogP contribution >= 0.6 is 0 Å². The maximum atomic E-state index is 14.2. The van der Waals surface area contributed by atoms with Gasteiger partial charge >= 0.3 is 6.09 Å². The maximum Gasteiger partial charge on any atom is 0.412 e. The second-order valence-electron chi connectivity index (χ2n) is 14.8. The summed E-state index contributed by atoms with van der Waals surface area (Å²) in [5, 5.41) is 11.0. The molecule has 3 saturated heterocycles. The molecule has 0 saturated carbocycles. The number of nitrogens with zero attached hydrogens (tertiary/aromatic N) is 3. The number of rotatable bonds is 13. The molecule has 13 nitrogen and oxygen atoms in total. The van der Waals surface area contributed by atoms with Crippen LogP contribution < -0.4 is 14.2 Å². The van der Waals surface area contributed by atoms with Gasteiger partial charge in [-0.3, -0.25) is 19.9 Å². The summed E-state index contributed by atoms with van der Waals surface area (Å²) in [5.41, 5.74) is 2.04. The Labute approximate surface area is 303 Å². The molecule has 0 aliphatic carbocycles. The monoisotopic (exact) mass is 717 g/mol. The molecule has 4 heterocycles. The first kappa shape index (κ1) is 36.0. The molecule has 0 bridgehead atoms. The summed E-state index contributed by atoms with van der Waals surface area (Å²) in [5.74, 6) is 2.58. The van der Waals surface area contributed by atoms with Crippen LogP contribution in [0.2, 0.25) is 0 Å². The van der Waals surface area contributed by atoms with Crippen molar-refractivity contribution in [3.05, 3.63) is 93.5 Å². The largest absolute Gasteiger partial charge is 0.489 e. The molecule has 3 fully saturated rings. The predicted octanol–water partition coefficient (Wildman–Crippen LogP) is 6.31. The van der Waals surface area contributed by atoms with Crippen LogP contribution in [0.25, 0.3) is 0 Å². The minimum Gasteiger partial charge on any atom is -0.489 e. The first-order valence-electron chi connectivity index (χ1n) is 18.0. The van der Waals surface area contributed by atoms with Crippen LogP contribution in [0, 0.1) is 22.0 Å². The predicted molar refractivity (Wildman–Crippen MR) is 189 cm³/mol. The molecule has 52 heavy (non-hydrogen) atoms. The smallest absolute Gasteiger partial charge is 0.412 e. The zero-order valence-electron chi connectivity index (χ0n) is 30.1. The van der Waals surface area contributed by atoms with Gasteiger partial charge in [0.15, 0.2) is 17.8 Å². The highest BCUT2D eigenvalue weighted by atomic mass is 16.7. The van der Waals surface area contributed by atoms with Crippen LogP contribution in [-0.2, 0) is 38.5 Å². The highest BCUT2D eigenvalue weighted by Gasteiger charge is 2.52. The summed E-state index contributed by atoms with van der Waals surface area (Å²) < 4.78 is 41.6. The molecule has 3 aromatic carbocycles. The van der Waals surface area contributed by atoms with E-state index in [-0.39, 0.29) is 49.5 Å². The van der Waals surface area contributed by atoms with Gasteiger partial charge in [-0.2, -0.15) is 0 Å². The molecule has 4 aliphatic rings. The van der Waals surface area contributed by atoms with Crippen LogP contribution in [0.15, 0.2) is 66.7 Å². The molecular formula is C39H47N3O10. The Morgan fingerprint density at radius 3 is 2.48 bits per heavy atom. The number of nitro groups is 1. The molecule has 3 aromatic rings. The molecule has 13 heteroatoms. The van der Waals surface area contributed by atoms with E-state index in [9.17, 15) is 14.9 Å². The molecule has 0 N–H and O–H groups in total. The summed E-state index contributed by atoms with van der Waals surface area (Å²) in [7, 11) is 0. The van der Waals surface area contributed by atoms with E-state index in [1.54, 1.807) is 17.0 Å². The van der Waals surface area contributed by atoms with Crippen molar-refractivity contribution in [1.82, 2.24) is 9.80 Å². The van der Waals surface area contributed by atoms with Crippen LogP contribution in [0.5, 0.6) is 17.2 Å². The van der Waals surface area contributed by atoms with Gasteiger partial charge in [0.2, 0.25) is 6.79 Å². The van der Waals surface area contributed by atoms with Crippen molar-refractivity contribution < 1.29 is 42.9 Å². The fourth-order valence-electron chi connectivity index (χ4n) is 7.66. The Morgan fingerprint density at radius 2 is 1.73 bits per heavy atom. The van der Waals surface area contributed by atoms with E-state index in [2.05, 4.69) is 24.8 Å². The van der Waals surface area contributed by atoms with Gasteiger partial charge in [-0.25, -0.2) is 4.79 Å². The second kappa shape index (κ2) is 15.3. The molecular weight excluding hydrogens is 670 g/mol. The number of nitro benzene ring substituents is 1. The Morgan fingerprint density at radius 1 is 1.00 bits per heavy atom. The van der Waals surface area contributed by atoms with Crippen LogP contribution in [-0.4, -0.2) is 84.2 Å². The lowest BCUT2D eigenvalue weighted by molar-refractivity contribution is -0.384. The van der Waals surface area contributed by atoms with E-state index < -0.39 is 16.7 Å². The number of amides is 1. The van der Waals surface area contributed by atoms with E-state index in [4.69, 9.17) is 33.2 Å². The summed E-state index contributed by atoms with van der Waals surface area (Å²) in [4.78, 5) is 28.9. The minimum atomic E-state index is -0.937. The fraction of sp³-hybridized carbons (Fsp3) is 0.513. The molecule has 0 spiro atoms. The van der Waals surface area contributed by atoms with Gasteiger partial charge in [0, 0.05) is 31.8 Å². The van der Waals surface area contributed by atoms with Gasteiger partial charge in [-0.1, -0.05) is 32.0 Å². The van der Waals surface area contributed by atoms with Gasteiger partial charge in [-0.15, -0.1) is 0 Å². The topological polar surface area (TPSA) is 131 Å². The third kappa shape index (κ3) is 8.12. The summed E-state index contributed by atoms with van der Waals surface area (Å²) in [6.45, 7) is 11.7. The van der Waals surface area contributed by atoms with Gasteiger partial charge in [0.05, 0.1) is 36.2 Å². The third-order valence-electron chi connectivity index (χ3n) is 10.0. The Kier molecular flexibility index (Phi) is 10.6. The zero-order valence-corrected chi connectivity index (χ0v) is 30.1. The summed E-state index contributed by atoms with van der Waals surface area (Å²) in [6.07, 6.45) is -0.139. The molecule has 0 radical (unpaired) electrons.